The largest absolute Gasteiger partial charge is 0.384 e. The summed E-state index contributed by atoms with van der Waals surface area (Å²) in [5.41, 5.74) is 3.69. The summed E-state index contributed by atoms with van der Waals surface area (Å²) in [6.07, 6.45) is 7.14. The lowest BCUT2D eigenvalue weighted by Crippen LogP contribution is -2.05. The number of allylic oxidation sites excluding steroid dienone is 5. The average molecular weight is 189 g/mol. The van der Waals surface area contributed by atoms with Gasteiger partial charge in [-0.2, -0.15) is 0 Å². The molecule has 1 aliphatic rings. The van der Waals surface area contributed by atoms with Gasteiger partial charge in [-0.25, -0.2) is 0 Å². The van der Waals surface area contributed by atoms with Gasteiger partial charge in [-0.05, 0) is 29.6 Å². The third-order valence-electron chi connectivity index (χ3n) is 2.41. The molecule has 1 heteroatoms. The molecule has 76 valence electrons. The van der Waals surface area contributed by atoms with Gasteiger partial charge in [-0.3, -0.25) is 0 Å². The van der Waals surface area contributed by atoms with Crippen LogP contribution in [0.15, 0.2) is 48.2 Å². The molecule has 0 unspecified atom stereocenters. The maximum absolute atomic E-state index is 4.02. The van der Waals surface area contributed by atoms with E-state index in [1.807, 2.05) is 6.08 Å². The molecule has 0 amide bonds. The molecule has 0 atom stereocenters. The third-order valence-corrected chi connectivity index (χ3v) is 2.41. The van der Waals surface area contributed by atoms with Crippen molar-refractivity contribution in [3.63, 3.8) is 0 Å². The topological polar surface area (TPSA) is 12.0 Å². The number of hydrogen-bond donors (Lipinski definition) is 1. The zero-order valence-electron chi connectivity index (χ0n) is 9.14. The summed E-state index contributed by atoms with van der Waals surface area (Å²) in [4.78, 5) is 0. The van der Waals surface area contributed by atoms with Gasteiger partial charge < -0.3 is 5.32 Å². The highest BCUT2D eigenvalue weighted by molar-refractivity contribution is 5.39. The van der Waals surface area contributed by atoms with Crippen molar-refractivity contribution in [1.82, 2.24) is 5.32 Å². The maximum atomic E-state index is 4.02. The SMILES string of the molecule is C=C/C=C(\C=C1\NCCC1=C)C(C)C. The molecule has 0 aromatic heterocycles. The summed E-state index contributed by atoms with van der Waals surface area (Å²) < 4.78 is 0. The molecule has 1 rings (SSSR count). The van der Waals surface area contributed by atoms with E-state index in [-0.39, 0.29) is 0 Å². The van der Waals surface area contributed by atoms with Gasteiger partial charge in [0.1, 0.15) is 0 Å². The zero-order valence-corrected chi connectivity index (χ0v) is 9.14. The predicted molar refractivity (Wildman–Crippen MR) is 63.0 cm³/mol. The van der Waals surface area contributed by atoms with Crippen molar-refractivity contribution in [2.24, 2.45) is 5.92 Å². The lowest BCUT2D eigenvalue weighted by atomic mass is 10.0. The lowest BCUT2D eigenvalue weighted by molar-refractivity contribution is 0.787. The van der Waals surface area contributed by atoms with Crippen molar-refractivity contribution in [3.8, 4) is 0 Å². The van der Waals surface area contributed by atoms with Gasteiger partial charge in [0.25, 0.3) is 0 Å². The van der Waals surface area contributed by atoms with E-state index in [4.69, 9.17) is 0 Å². The number of rotatable bonds is 3. The first-order valence-electron chi connectivity index (χ1n) is 5.11. The Morgan fingerprint density at radius 2 is 2.21 bits per heavy atom. The van der Waals surface area contributed by atoms with E-state index < -0.39 is 0 Å². The van der Waals surface area contributed by atoms with Gasteiger partial charge in [-0.1, -0.05) is 39.2 Å². The normalized spacial score (nSPS) is 20.4. The molecule has 0 saturated carbocycles. The van der Waals surface area contributed by atoms with Crippen molar-refractivity contribution < 1.29 is 0 Å². The van der Waals surface area contributed by atoms with Crippen LogP contribution in [0.5, 0.6) is 0 Å². The molecule has 1 aliphatic heterocycles. The third kappa shape index (κ3) is 2.63. The Kier molecular flexibility index (Phi) is 3.75. The molecule has 1 fully saturated rings. The van der Waals surface area contributed by atoms with E-state index in [9.17, 15) is 0 Å². The van der Waals surface area contributed by atoms with E-state index in [0.29, 0.717) is 5.92 Å². The Morgan fingerprint density at radius 1 is 1.50 bits per heavy atom. The van der Waals surface area contributed by atoms with Gasteiger partial charge in [0.05, 0.1) is 0 Å². The van der Waals surface area contributed by atoms with E-state index in [0.717, 1.165) is 13.0 Å². The summed E-state index contributed by atoms with van der Waals surface area (Å²) in [5.74, 6) is 0.524. The molecule has 1 heterocycles. The molecule has 0 aromatic carbocycles. The van der Waals surface area contributed by atoms with Crippen LogP contribution < -0.4 is 5.32 Å². The molecular weight excluding hydrogens is 170 g/mol. The lowest BCUT2D eigenvalue weighted by Gasteiger charge is -2.08. The first-order chi connectivity index (χ1) is 6.65. The highest BCUT2D eigenvalue weighted by Gasteiger charge is 2.11. The van der Waals surface area contributed by atoms with Crippen molar-refractivity contribution in [1.29, 1.82) is 0 Å². The van der Waals surface area contributed by atoms with Crippen LogP contribution >= 0.6 is 0 Å². The van der Waals surface area contributed by atoms with E-state index in [1.165, 1.54) is 16.8 Å². The summed E-state index contributed by atoms with van der Waals surface area (Å²) in [7, 11) is 0. The Hall–Kier alpha value is -1.24. The highest BCUT2D eigenvalue weighted by atomic mass is 14.9. The van der Waals surface area contributed by atoms with E-state index >= 15 is 0 Å². The highest BCUT2D eigenvalue weighted by Crippen LogP contribution is 2.20. The molecule has 0 aliphatic carbocycles. The summed E-state index contributed by atoms with van der Waals surface area (Å²) in [6, 6.07) is 0. The molecule has 1 nitrogen and oxygen atoms in total. The molecule has 0 spiro atoms. The Morgan fingerprint density at radius 3 is 2.64 bits per heavy atom. The first kappa shape index (κ1) is 10.8. The number of nitrogens with one attached hydrogen (secondary N) is 1. The fourth-order valence-electron chi connectivity index (χ4n) is 1.47. The van der Waals surface area contributed by atoms with Crippen LogP contribution in [0.4, 0.5) is 0 Å². The van der Waals surface area contributed by atoms with Gasteiger partial charge in [-0.15, -0.1) is 0 Å². The minimum atomic E-state index is 0.524. The van der Waals surface area contributed by atoms with Gasteiger partial charge in [0, 0.05) is 12.2 Å². The second-order valence-electron chi connectivity index (χ2n) is 3.90. The first-order valence-corrected chi connectivity index (χ1v) is 5.11. The monoisotopic (exact) mass is 189 g/mol. The molecule has 0 radical (unpaired) electrons. The smallest absolute Gasteiger partial charge is 0.0370 e. The standard InChI is InChI=1S/C13H19N/c1-5-6-12(10(2)3)9-13-11(4)7-8-14-13/h5-6,9-10,14H,1,4,7-8H2,2-3H3/b12-6+,13-9+. The Labute approximate surface area is 86.9 Å². The quantitative estimate of drug-likeness (QED) is 0.672. The predicted octanol–water partition coefficient (Wildman–Crippen LogP) is 3.19. The van der Waals surface area contributed by atoms with Crippen molar-refractivity contribution >= 4 is 0 Å². The maximum Gasteiger partial charge on any atom is 0.0370 e. The van der Waals surface area contributed by atoms with Crippen LogP contribution in [0, 0.1) is 5.92 Å². The van der Waals surface area contributed by atoms with Gasteiger partial charge >= 0.3 is 0 Å². The zero-order chi connectivity index (χ0) is 10.6. The van der Waals surface area contributed by atoms with Crippen molar-refractivity contribution in [2.75, 3.05) is 6.54 Å². The van der Waals surface area contributed by atoms with Crippen LogP contribution in [0.3, 0.4) is 0 Å². The summed E-state index contributed by atoms with van der Waals surface area (Å²) in [5, 5.41) is 3.34. The summed E-state index contributed by atoms with van der Waals surface area (Å²) >= 11 is 0. The second-order valence-corrected chi connectivity index (χ2v) is 3.90. The fourth-order valence-corrected chi connectivity index (χ4v) is 1.47. The molecule has 0 bridgehead atoms. The minimum absolute atomic E-state index is 0.524. The molecule has 1 N–H and O–H groups in total. The molecule has 1 saturated heterocycles. The van der Waals surface area contributed by atoms with Crippen LogP contribution in [0.25, 0.3) is 0 Å². The van der Waals surface area contributed by atoms with Gasteiger partial charge in [0.2, 0.25) is 0 Å². The van der Waals surface area contributed by atoms with Crippen molar-refractivity contribution in [2.45, 2.75) is 20.3 Å². The van der Waals surface area contributed by atoms with E-state index in [2.05, 4.69) is 44.5 Å². The Bertz CT molecular complexity index is 292. The fraction of sp³-hybridized carbons (Fsp3) is 0.385. The van der Waals surface area contributed by atoms with Crippen LogP contribution in [-0.2, 0) is 0 Å². The number of hydrogen-bond acceptors (Lipinski definition) is 1. The van der Waals surface area contributed by atoms with Crippen LogP contribution in [-0.4, -0.2) is 6.54 Å². The second kappa shape index (κ2) is 4.85. The van der Waals surface area contributed by atoms with Crippen molar-refractivity contribution in [3.05, 3.63) is 48.2 Å². The average Bonchev–Trinajstić information content (AvgIpc) is 2.51. The van der Waals surface area contributed by atoms with E-state index in [1.54, 1.807) is 0 Å². The van der Waals surface area contributed by atoms with Crippen LogP contribution in [0.2, 0.25) is 0 Å². The Balaban J connectivity index is 2.86. The van der Waals surface area contributed by atoms with Crippen LogP contribution in [0.1, 0.15) is 20.3 Å². The summed E-state index contributed by atoms with van der Waals surface area (Å²) in [6.45, 7) is 13.1. The molecule has 14 heavy (non-hydrogen) atoms. The molecular formula is C13H19N. The van der Waals surface area contributed by atoms with Gasteiger partial charge in [0.15, 0.2) is 0 Å². The molecule has 0 aromatic rings. The minimum Gasteiger partial charge on any atom is -0.384 e.